The second kappa shape index (κ2) is 8.68. The standard InChI is InChI=1S/C25H25N3O3/c1-4-8-19(25(30)31-3)22-15(2)26-24(16-9-6-5-7-10-16)28-23(22)18-12-11-17-14-21(29)27-20(17)13-18/h5-7,9-13,19H,4,8,14H2,1-3H3,(H,27,29). The van der Waals surface area contributed by atoms with Crippen LogP contribution in [0.3, 0.4) is 0 Å². The predicted octanol–water partition coefficient (Wildman–Crippen LogP) is 4.67. The van der Waals surface area contributed by atoms with Crippen LogP contribution in [-0.4, -0.2) is 29.0 Å². The van der Waals surface area contributed by atoms with E-state index in [1.165, 1.54) is 7.11 Å². The number of carbonyl (C=O) groups is 2. The number of rotatable bonds is 6. The summed E-state index contributed by atoms with van der Waals surface area (Å²) in [6, 6.07) is 15.6. The Bertz CT molecular complexity index is 1140. The highest BCUT2D eigenvalue weighted by atomic mass is 16.5. The Morgan fingerprint density at radius 3 is 2.61 bits per heavy atom. The van der Waals surface area contributed by atoms with E-state index in [0.717, 1.165) is 40.1 Å². The van der Waals surface area contributed by atoms with Gasteiger partial charge in [0.05, 0.1) is 25.1 Å². The first-order valence-corrected chi connectivity index (χ1v) is 10.5. The molecule has 1 N–H and O–H groups in total. The van der Waals surface area contributed by atoms with Crippen LogP contribution in [0.4, 0.5) is 5.69 Å². The van der Waals surface area contributed by atoms with Gasteiger partial charge >= 0.3 is 5.97 Å². The molecule has 2 heterocycles. The molecule has 0 spiro atoms. The lowest BCUT2D eigenvalue weighted by Crippen LogP contribution is -2.18. The molecule has 1 aliphatic heterocycles. The number of aromatic nitrogens is 2. The van der Waals surface area contributed by atoms with Crippen LogP contribution in [0.25, 0.3) is 22.6 Å². The van der Waals surface area contributed by atoms with Gasteiger partial charge in [-0.25, -0.2) is 9.97 Å². The summed E-state index contributed by atoms with van der Waals surface area (Å²) >= 11 is 0. The van der Waals surface area contributed by atoms with Crippen molar-refractivity contribution >= 4 is 17.6 Å². The average Bonchev–Trinajstić information content (AvgIpc) is 3.16. The first-order valence-electron chi connectivity index (χ1n) is 10.5. The molecule has 6 nitrogen and oxygen atoms in total. The summed E-state index contributed by atoms with van der Waals surface area (Å²) in [4.78, 5) is 34.2. The van der Waals surface area contributed by atoms with Gasteiger partial charge in [0.1, 0.15) is 0 Å². The topological polar surface area (TPSA) is 81.2 Å². The fourth-order valence-corrected chi connectivity index (χ4v) is 4.11. The van der Waals surface area contributed by atoms with Crippen molar-refractivity contribution < 1.29 is 14.3 Å². The number of aryl methyl sites for hydroxylation is 1. The fourth-order valence-electron chi connectivity index (χ4n) is 4.11. The number of benzene rings is 2. The van der Waals surface area contributed by atoms with Crippen LogP contribution in [-0.2, 0) is 20.7 Å². The fraction of sp³-hybridized carbons (Fsp3) is 0.280. The van der Waals surface area contributed by atoms with E-state index >= 15 is 0 Å². The number of anilines is 1. The highest BCUT2D eigenvalue weighted by molar-refractivity contribution is 6.00. The first-order chi connectivity index (χ1) is 15.0. The molecule has 0 saturated carbocycles. The molecule has 4 rings (SSSR count). The molecule has 2 aromatic carbocycles. The van der Waals surface area contributed by atoms with Crippen LogP contribution in [0.15, 0.2) is 48.5 Å². The van der Waals surface area contributed by atoms with Crippen LogP contribution in [0, 0.1) is 6.92 Å². The highest BCUT2D eigenvalue weighted by Gasteiger charge is 2.29. The zero-order valence-electron chi connectivity index (χ0n) is 17.9. The van der Waals surface area contributed by atoms with E-state index < -0.39 is 5.92 Å². The monoisotopic (exact) mass is 415 g/mol. The Labute approximate surface area is 181 Å². The second-order valence-corrected chi connectivity index (χ2v) is 7.72. The van der Waals surface area contributed by atoms with Crippen molar-refractivity contribution in [3.8, 4) is 22.6 Å². The van der Waals surface area contributed by atoms with E-state index in [-0.39, 0.29) is 11.9 Å². The summed E-state index contributed by atoms with van der Waals surface area (Å²) in [6.45, 7) is 3.95. The summed E-state index contributed by atoms with van der Waals surface area (Å²) in [6.07, 6.45) is 1.83. The Morgan fingerprint density at radius 2 is 1.90 bits per heavy atom. The van der Waals surface area contributed by atoms with Gasteiger partial charge in [-0.3, -0.25) is 9.59 Å². The number of nitrogens with zero attached hydrogens (tertiary/aromatic N) is 2. The molecule has 3 aromatic rings. The molecule has 6 heteroatoms. The minimum atomic E-state index is -0.460. The number of ether oxygens (including phenoxy) is 1. The van der Waals surface area contributed by atoms with E-state index in [9.17, 15) is 9.59 Å². The van der Waals surface area contributed by atoms with Crippen LogP contribution in [0.5, 0.6) is 0 Å². The Morgan fingerprint density at radius 1 is 1.13 bits per heavy atom. The summed E-state index contributed by atoms with van der Waals surface area (Å²) in [7, 11) is 1.41. The van der Waals surface area contributed by atoms with Gasteiger partial charge in [-0.15, -0.1) is 0 Å². The van der Waals surface area contributed by atoms with Gasteiger partial charge in [-0.1, -0.05) is 55.8 Å². The van der Waals surface area contributed by atoms with Crippen LogP contribution >= 0.6 is 0 Å². The van der Waals surface area contributed by atoms with Crippen molar-refractivity contribution in [1.29, 1.82) is 0 Å². The summed E-state index contributed by atoms with van der Waals surface area (Å²) in [5.41, 5.74) is 5.70. The number of carbonyl (C=O) groups excluding carboxylic acids is 2. The molecule has 31 heavy (non-hydrogen) atoms. The van der Waals surface area contributed by atoms with Crippen LogP contribution < -0.4 is 5.32 Å². The van der Waals surface area contributed by atoms with Gasteiger partial charge in [-0.2, -0.15) is 0 Å². The van der Waals surface area contributed by atoms with E-state index in [1.54, 1.807) is 0 Å². The van der Waals surface area contributed by atoms with Gasteiger partial charge in [0.25, 0.3) is 0 Å². The smallest absolute Gasteiger partial charge is 0.313 e. The van der Waals surface area contributed by atoms with Gasteiger partial charge < -0.3 is 10.1 Å². The minimum absolute atomic E-state index is 0.0189. The molecule has 1 amide bonds. The number of hydrogen-bond donors (Lipinski definition) is 1. The van der Waals surface area contributed by atoms with Crippen molar-refractivity contribution in [3.63, 3.8) is 0 Å². The Kier molecular flexibility index (Phi) is 5.80. The zero-order chi connectivity index (χ0) is 22.0. The van der Waals surface area contributed by atoms with Gasteiger partial charge in [0, 0.05) is 28.1 Å². The van der Waals surface area contributed by atoms with Gasteiger partial charge in [-0.05, 0) is 25.0 Å². The van der Waals surface area contributed by atoms with Crippen LogP contribution in [0.2, 0.25) is 0 Å². The lowest BCUT2D eigenvalue weighted by molar-refractivity contribution is -0.142. The average molecular weight is 415 g/mol. The van der Waals surface area contributed by atoms with Gasteiger partial charge in [0.15, 0.2) is 5.82 Å². The third-order valence-electron chi connectivity index (χ3n) is 5.59. The number of methoxy groups -OCH3 is 1. The van der Waals surface area contributed by atoms with Crippen molar-refractivity contribution in [3.05, 3.63) is 65.4 Å². The SMILES string of the molecule is CCCC(C(=O)OC)c1c(C)nc(-c2ccccc2)nc1-c1ccc2c(c1)NC(=O)C2. The molecule has 0 saturated heterocycles. The second-order valence-electron chi connectivity index (χ2n) is 7.72. The Balaban J connectivity index is 1.93. The summed E-state index contributed by atoms with van der Waals surface area (Å²) in [5.74, 6) is -0.175. The number of esters is 1. The maximum absolute atomic E-state index is 12.7. The quantitative estimate of drug-likeness (QED) is 0.592. The molecule has 0 fully saturated rings. The number of amides is 1. The van der Waals surface area contributed by atoms with Crippen molar-refractivity contribution in [1.82, 2.24) is 9.97 Å². The van der Waals surface area contributed by atoms with Crippen LogP contribution in [0.1, 0.15) is 42.5 Å². The molecule has 1 aliphatic rings. The lowest BCUT2D eigenvalue weighted by Gasteiger charge is -2.21. The number of nitrogens with one attached hydrogen (secondary N) is 1. The normalized spacial score (nSPS) is 13.5. The summed E-state index contributed by atoms with van der Waals surface area (Å²) in [5, 5.41) is 2.90. The molecule has 158 valence electrons. The molecular weight excluding hydrogens is 390 g/mol. The number of fused-ring (bicyclic) bond motifs is 1. The number of hydrogen-bond acceptors (Lipinski definition) is 5. The highest BCUT2D eigenvalue weighted by Crippen LogP contribution is 2.37. The van der Waals surface area contributed by atoms with Crippen molar-refractivity contribution in [2.75, 3.05) is 12.4 Å². The predicted molar refractivity (Wildman–Crippen MR) is 120 cm³/mol. The molecule has 1 aromatic heterocycles. The zero-order valence-corrected chi connectivity index (χ0v) is 17.9. The Hall–Kier alpha value is -3.54. The maximum atomic E-state index is 12.7. The van der Waals surface area contributed by atoms with E-state index in [1.807, 2.05) is 62.4 Å². The van der Waals surface area contributed by atoms with Crippen molar-refractivity contribution in [2.24, 2.45) is 0 Å². The first kappa shape index (κ1) is 20.7. The molecule has 0 radical (unpaired) electrons. The maximum Gasteiger partial charge on any atom is 0.313 e. The summed E-state index contributed by atoms with van der Waals surface area (Å²) < 4.78 is 5.12. The molecular formula is C25H25N3O3. The molecule has 0 bridgehead atoms. The molecule has 1 unspecified atom stereocenters. The van der Waals surface area contributed by atoms with Crippen molar-refractivity contribution in [2.45, 2.75) is 39.0 Å². The van der Waals surface area contributed by atoms with E-state index in [4.69, 9.17) is 14.7 Å². The minimum Gasteiger partial charge on any atom is -0.469 e. The van der Waals surface area contributed by atoms with E-state index in [0.29, 0.717) is 24.4 Å². The largest absolute Gasteiger partial charge is 0.469 e. The van der Waals surface area contributed by atoms with E-state index in [2.05, 4.69) is 5.32 Å². The third kappa shape index (κ3) is 4.06. The lowest BCUT2D eigenvalue weighted by atomic mass is 9.89. The molecule has 0 aliphatic carbocycles. The molecule has 1 atom stereocenters. The third-order valence-corrected chi connectivity index (χ3v) is 5.59. The van der Waals surface area contributed by atoms with Gasteiger partial charge in [0.2, 0.25) is 5.91 Å².